The number of halogens is 1. The Morgan fingerprint density at radius 1 is 1.65 bits per heavy atom. The molecule has 1 unspecified atom stereocenters. The van der Waals surface area contributed by atoms with Crippen molar-refractivity contribution in [3.63, 3.8) is 0 Å². The van der Waals surface area contributed by atoms with Crippen molar-refractivity contribution in [1.29, 1.82) is 5.26 Å². The predicted molar refractivity (Wildman–Crippen MR) is 61.0 cm³/mol. The van der Waals surface area contributed by atoms with Crippen molar-refractivity contribution in [1.82, 2.24) is 0 Å². The zero-order valence-electron chi connectivity index (χ0n) is 9.66. The van der Waals surface area contributed by atoms with Crippen molar-refractivity contribution in [3.8, 4) is 11.8 Å². The lowest BCUT2D eigenvalue weighted by Crippen LogP contribution is -2.21. The van der Waals surface area contributed by atoms with E-state index in [1.54, 1.807) is 6.92 Å². The molecule has 0 saturated heterocycles. The zero-order valence-corrected chi connectivity index (χ0v) is 9.66. The average molecular weight is 236 g/mol. The molecule has 1 N–H and O–H groups in total. The van der Waals surface area contributed by atoms with E-state index in [0.29, 0.717) is 12.1 Å². The van der Waals surface area contributed by atoms with Crippen LogP contribution in [0.3, 0.4) is 0 Å². The smallest absolute Gasteiger partial charge is 0.241 e. The molecule has 0 fully saturated rings. The Kier molecular flexibility index (Phi) is 4.46. The van der Waals surface area contributed by atoms with Crippen molar-refractivity contribution < 1.29 is 13.9 Å². The molecule has 0 heterocycles. The van der Waals surface area contributed by atoms with Crippen LogP contribution in [0.2, 0.25) is 0 Å². The summed E-state index contributed by atoms with van der Waals surface area (Å²) in [5.74, 6) is -1.36. The normalized spacial score (nSPS) is 11.4. The van der Waals surface area contributed by atoms with E-state index >= 15 is 0 Å². The Bertz CT molecular complexity index is 454. The number of amides is 1. The molecular weight excluding hydrogens is 223 g/mol. The molecule has 1 aromatic carbocycles. The Morgan fingerprint density at radius 3 is 2.88 bits per heavy atom. The standard InChI is InChI=1S/C12H13FN2O2/c1-3-8(7-14)12(16)15-10-5-4-9(13)6-11(10)17-2/h4-6,8H,3H2,1-2H3,(H,15,16). The van der Waals surface area contributed by atoms with E-state index in [-0.39, 0.29) is 5.75 Å². The maximum Gasteiger partial charge on any atom is 0.241 e. The molecule has 0 saturated carbocycles. The number of anilines is 1. The number of nitrogens with zero attached hydrogens (tertiary/aromatic N) is 1. The van der Waals surface area contributed by atoms with Crippen molar-refractivity contribution in [2.24, 2.45) is 5.92 Å². The Balaban J connectivity index is 2.89. The number of carbonyl (C=O) groups is 1. The topological polar surface area (TPSA) is 62.1 Å². The number of hydrogen-bond donors (Lipinski definition) is 1. The van der Waals surface area contributed by atoms with Crippen LogP contribution in [0.4, 0.5) is 10.1 Å². The summed E-state index contributed by atoms with van der Waals surface area (Å²) in [5.41, 5.74) is 0.354. The van der Waals surface area contributed by atoms with Gasteiger partial charge in [-0.2, -0.15) is 5.26 Å². The highest BCUT2D eigenvalue weighted by Gasteiger charge is 2.17. The van der Waals surface area contributed by atoms with Crippen LogP contribution in [0.25, 0.3) is 0 Å². The molecule has 0 radical (unpaired) electrons. The van der Waals surface area contributed by atoms with Gasteiger partial charge in [-0.3, -0.25) is 4.79 Å². The minimum Gasteiger partial charge on any atom is -0.494 e. The summed E-state index contributed by atoms with van der Waals surface area (Å²) in [6.07, 6.45) is 0.422. The van der Waals surface area contributed by atoms with Gasteiger partial charge in [-0.15, -0.1) is 0 Å². The van der Waals surface area contributed by atoms with Crippen LogP contribution in [0.5, 0.6) is 5.75 Å². The number of benzene rings is 1. The van der Waals surface area contributed by atoms with Crippen LogP contribution in [0.1, 0.15) is 13.3 Å². The number of hydrogen-bond acceptors (Lipinski definition) is 3. The first-order valence-electron chi connectivity index (χ1n) is 5.16. The van der Waals surface area contributed by atoms with Gasteiger partial charge in [-0.1, -0.05) is 6.92 Å². The lowest BCUT2D eigenvalue weighted by atomic mass is 10.1. The molecule has 90 valence electrons. The molecule has 0 aliphatic rings. The summed E-state index contributed by atoms with van der Waals surface area (Å²) < 4.78 is 17.9. The number of methoxy groups -OCH3 is 1. The summed E-state index contributed by atoms with van der Waals surface area (Å²) in [4.78, 5) is 11.6. The predicted octanol–water partition coefficient (Wildman–Crippen LogP) is 2.32. The monoisotopic (exact) mass is 236 g/mol. The van der Waals surface area contributed by atoms with E-state index in [1.165, 1.54) is 25.3 Å². The number of nitriles is 1. The van der Waals surface area contributed by atoms with Crippen molar-refractivity contribution in [2.45, 2.75) is 13.3 Å². The van der Waals surface area contributed by atoms with E-state index in [4.69, 9.17) is 10.00 Å². The molecule has 1 atom stereocenters. The maximum absolute atomic E-state index is 12.9. The van der Waals surface area contributed by atoms with Gasteiger partial charge >= 0.3 is 0 Å². The largest absolute Gasteiger partial charge is 0.494 e. The maximum atomic E-state index is 12.9. The fourth-order valence-electron chi connectivity index (χ4n) is 1.32. The number of ether oxygens (including phenoxy) is 1. The van der Waals surface area contributed by atoms with E-state index in [9.17, 15) is 9.18 Å². The molecule has 1 amide bonds. The van der Waals surface area contributed by atoms with E-state index in [0.717, 1.165) is 0 Å². The molecule has 4 nitrogen and oxygen atoms in total. The molecular formula is C12H13FN2O2. The minimum absolute atomic E-state index is 0.228. The number of rotatable bonds is 4. The highest BCUT2D eigenvalue weighted by Crippen LogP contribution is 2.25. The summed E-state index contributed by atoms with van der Waals surface area (Å²) in [6, 6.07) is 5.68. The minimum atomic E-state index is -0.718. The fraction of sp³-hybridized carbons (Fsp3) is 0.333. The van der Waals surface area contributed by atoms with Crippen LogP contribution in [0.15, 0.2) is 18.2 Å². The third-order valence-corrected chi connectivity index (χ3v) is 2.30. The Hall–Kier alpha value is -2.09. The second kappa shape index (κ2) is 5.85. The highest BCUT2D eigenvalue weighted by molar-refractivity contribution is 5.95. The van der Waals surface area contributed by atoms with Crippen LogP contribution >= 0.6 is 0 Å². The van der Waals surface area contributed by atoms with E-state index < -0.39 is 17.6 Å². The lowest BCUT2D eigenvalue weighted by molar-refractivity contribution is -0.118. The van der Waals surface area contributed by atoms with Gasteiger partial charge in [0.2, 0.25) is 5.91 Å². The van der Waals surface area contributed by atoms with Gasteiger partial charge < -0.3 is 10.1 Å². The second-order valence-electron chi connectivity index (χ2n) is 3.42. The third-order valence-electron chi connectivity index (χ3n) is 2.30. The Labute approximate surface area is 99.0 Å². The average Bonchev–Trinajstić information content (AvgIpc) is 2.33. The summed E-state index contributed by atoms with van der Waals surface area (Å²) in [5, 5.41) is 11.3. The number of carbonyl (C=O) groups excluding carboxylic acids is 1. The number of nitrogens with one attached hydrogen (secondary N) is 1. The SMILES string of the molecule is CCC(C#N)C(=O)Nc1ccc(F)cc1OC. The molecule has 17 heavy (non-hydrogen) atoms. The summed E-state index contributed by atoms with van der Waals surface area (Å²) in [7, 11) is 1.38. The second-order valence-corrected chi connectivity index (χ2v) is 3.42. The third kappa shape index (κ3) is 3.18. The molecule has 1 rings (SSSR count). The van der Waals surface area contributed by atoms with Gasteiger partial charge in [0.15, 0.2) is 0 Å². The molecule has 0 aromatic heterocycles. The molecule has 5 heteroatoms. The first kappa shape index (κ1) is 13.0. The van der Waals surface area contributed by atoms with Crippen molar-refractivity contribution in [2.75, 3.05) is 12.4 Å². The van der Waals surface area contributed by atoms with Gasteiger partial charge in [-0.05, 0) is 18.6 Å². The van der Waals surface area contributed by atoms with Gasteiger partial charge in [0.1, 0.15) is 17.5 Å². The Morgan fingerprint density at radius 2 is 2.35 bits per heavy atom. The molecule has 0 spiro atoms. The first-order chi connectivity index (χ1) is 8.12. The molecule has 0 aliphatic carbocycles. The van der Waals surface area contributed by atoms with E-state index in [1.807, 2.05) is 6.07 Å². The molecule has 0 aliphatic heterocycles. The van der Waals surface area contributed by atoms with Gasteiger partial charge in [-0.25, -0.2) is 4.39 Å². The van der Waals surface area contributed by atoms with Gasteiger partial charge in [0, 0.05) is 6.07 Å². The van der Waals surface area contributed by atoms with Gasteiger partial charge in [0.25, 0.3) is 0 Å². The summed E-state index contributed by atoms with van der Waals surface area (Å²) in [6.45, 7) is 1.75. The van der Waals surface area contributed by atoms with Crippen molar-refractivity contribution >= 4 is 11.6 Å². The van der Waals surface area contributed by atoms with Crippen LogP contribution in [-0.2, 0) is 4.79 Å². The van der Waals surface area contributed by atoms with Gasteiger partial charge in [0.05, 0.1) is 18.9 Å². The van der Waals surface area contributed by atoms with Crippen LogP contribution < -0.4 is 10.1 Å². The quantitative estimate of drug-likeness (QED) is 0.872. The van der Waals surface area contributed by atoms with Crippen LogP contribution in [0, 0.1) is 23.1 Å². The lowest BCUT2D eigenvalue weighted by Gasteiger charge is -2.11. The molecule has 1 aromatic rings. The zero-order chi connectivity index (χ0) is 12.8. The van der Waals surface area contributed by atoms with E-state index in [2.05, 4.69) is 5.32 Å². The summed E-state index contributed by atoms with van der Waals surface area (Å²) >= 11 is 0. The molecule has 0 bridgehead atoms. The fourth-order valence-corrected chi connectivity index (χ4v) is 1.32. The van der Waals surface area contributed by atoms with Crippen LogP contribution in [-0.4, -0.2) is 13.0 Å². The first-order valence-corrected chi connectivity index (χ1v) is 5.16. The highest BCUT2D eigenvalue weighted by atomic mass is 19.1. The van der Waals surface area contributed by atoms with Crippen molar-refractivity contribution in [3.05, 3.63) is 24.0 Å².